The molecule has 0 aliphatic carbocycles. The van der Waals surface area contributed by atoms with Crippen LogP contribution >= 0.6 is 0 Å². The molecule has 27 heavy (non-hydrogen) atoms. The van der Waals surface area contributed by atoms with E-state index < -0.39 is 0 Å². The molecule has 4 heteroatoms. The van der Waals surface area contributed by atoms with E-state index in [0.29, 0.717) is 6.54 Å². The number of carbonyl (C=O) groups is 1. The highest BCUT2D eigenvalue weighted by molar-refractivity contribution is 5.82. The van der Waals surface area contributed by atoms with Crippen LogP contribution in [0.3, 0.4) is 0 Å². The average Bonchev–Trinajstić information content (AvgIpc) is 3.11. The number of nitrogens with one attached hydrogen (secondary N) is 1. The van der Waals surface area contributed by atoms with Crippen LogP contribution in [-0.2, 0) is 11.3 Å². The smallest absolute Gasteiger partial charge is 0.237 e. The third-order valence-corrected chi connectivity index (χ3v) is 4.79. The summed E-state index contributed by atoms with van der Waals surface area (Å²) in [5.41, 5.74) is 2.13. The lowest BCUT2D eigenvalue weighted by atomic mass is 9.98. The predicted octanol–water partition coefficient (Wildman–Crippen LogP) is 4.31. The van der Waals surface area contributed by atoms with Crippen LogP contribution < -0.4 is 5.32 Å². The quantitative estimate of drug-likeness (QED) is 0.681. The fourth-order valence-electron chi connectivity index (χ4n) is 3.07. The number of likely N-dealkylation sites (N-methyl/N-ethyl adjacent to an activating group) is 1. The molecule has 4 nitrogen and oxygen atoms in total. The Morgan fingerprint density at radius 2 is 1.52 bits per heavy atom. The number of aryl methyl sites for hydroxylation is 1. The molecular weight excluding hydrogens is 336 g/mol. The van der Waals surface area contributed by atoms with Crippen molar-refractivity contribution in [2.24, 2.45) is 0 Å². The van der Waals surface area contributed by atoms with Gasteiger partial charge in [0.05, 0.1) is 18.6 Å². The standard InChI is InChI=1S/C23H26N2O2/c1-17-14-15-21(27-17)16-25(3)18(2)23(26)24-22(19-10-6-4-7-11-19)20-12-8-5-9-13-20/h4-15,18,22H,16H2,1-3H3,(H,24,26)/t18-/m0/s1. The number of hydrogen-bond acceptors (Lipinski definition) is 3. The van der Waals surface area contributed by atoms with Gasteiger partial charge in [0.2, 0.25) is 5.91 Å². The summed E-state index contributed by atoms with van der Waals surface area (Å²) in [6.07, 6.45) is 0. The maximum Gasteiger partial charge on any atom is 0.237 e. The van der Waals surface area contributed by atoms with Gasteiger partial charge in [-0.3, -0.25) is 9.69 Å². The molecule has 1 amide bonds. The van der Waals surface area contributed by atoms with Crippen molar-refractivity contribution in [3.05, 3.63) is 95.4 Å². The van der Waals surface area contributed by atoms with Gasteiger partial charge in [0.15, 0.2) is 0 Å². The maximum atomic E-state index is 13.0. The third-order valence-electron chi connectivity index (χ3n) is 4.79. The van der Waals surface area contributed by atoms with E-state index in [1.54, 1.807) is 0 Å². The molecule has 0 bridgehead atoms. The molecule has 0 saturated carbocycles. The van der Waals surface area contributed by atoms with E-state index in [2.05, 4.69) is 5.32 Å². The lowest BCUT2D eigenvalue weighted by molar-refractivity contribution is -0.126. The molecule has 140 valence electrons. The van der Waals surface area contributed by atoms with Crippen molar-refractivity contribution in [1.29, 1.82) is 0 Å². The van der Waals surface area contributed by atoms with Crippen molar-refractivity contribution in [3.63, 3.8) is 0 Å². The second-order valence-electron chi connectivity index (χ2n) is 6.87. The van der Waals surface area contributed by atoms with E-state index in [-0.39, 0.29) is 18.0 Å². The molecule has 0 saturated heterocycles. The molecule has 1 N–H and O–H groups in total. The second kappa shape index (κ2) is 8.69. The fourth-order valence-corrected chi connectivity index (χ4v) is 3.07. The van der Waals surface area contributed by atoms with E-state index in [4.69, 9.17) is 4.42 Å². The van der Waals surface area contributed by atoms with Crippen LogP contribution in [0.2, 0.25) is 0 Å². The Bertz CT molecular complexity index is 819. The van der Waals surface area contributed by atoms with E-state index in [1.165, 1.54) is 0 Å². The highest BCUT2D eigenvalue weighted by Gasteiger charge is 2.23. The summed E-state index contributed by atoms with van der Waals surface area (Å²) in [4.78, 5) is 14.9. The first-order valence-electron chi connectivity index (χ1n) is 9.20. The van der Waals surface area contributed by atoms with Gasteiger partial charge in [0.1, 0.15) is 11.5 Å². The first-order chi connectivity index (χ1) is 13.0. The summed E-state index contributed by atoms with van der Waals surface area (Å²) in [5.74, 6) is 1.72. The minimum Gasteiger partial charge on any atom is -0.465 e. The Balaban J connectivity index is 1.73. The molecule has 2 aromatic carbocycles. The van der Waals surface area contributed by atoms with E-state index in [1.807, 2.05) is 98.6 Å². The van der Waals surface area contributed by atoms with Gasteiger partial charge in [-0.2, -0.15) is 0 Å². The highest BCUT2D eigenvalue weighted by Crippen LogP contribution is 2.22. The third kappa shape index (κ3) is 4.86. The van der Waals surface area contributed by atoms with E-state index >= 15 is 0 Å². The lowest BCUT2D eigenvalue weighted by Gasteiger charge is -2.26. The van der Waals surface area contributed by atoms with Gasteiger partial charge >= 0.3 is 0 Å². The van der Waals surface area contributed by atoms with Crippen LogP contribution in [-0.4, -0.2) is 23.9 Å². The molecule has 0 spiro atoms. The lowest BCUT2D eigenvalue weighted by Crippen LogP contribution is -2.44. The topological polar surface area (TPSA) is 45.5 Å². The Kier molecular flexibility index (Phi) is 6.09. The summed E-state index contributed by atoms with van der Waals surface area (Å²) in [7, 11) is 1.93. The van der Waals surface area contributed by atoms with Crippen LogP contribution in [0.1, 0.15) is 35.6 Å². The van der Waals surface area contributed by atoms with Gasteiger partial charge in [0.25, 0.3) is 0 Å². The summed E-state index contributed by atoms with van der Waals surface area (Å²) >= 11 is 0. The van der Waals surface area contributed by atoms with E-state index in [0.717, 1.165) is 22.6 Å². The first-order valence-corrected chi connectivity index (χ1v) is 9.20. The number of hydrogen-bond donors (Lipinski definition) is 1. The molecule has 1 heterocycles. The second-order valence-corrected chi connectivity index (χ2v) is 6.87. The minimum absolute atomic E-state index is 0.0153. The van der Waals surface area contributed by atoms with Crippen LogP contribution in [0.5, 0.6) is 0 Å². The number of carbonyl (C=O) groups excluding carboxylic acids is 1. The molecule has 0 fully saturated rings. The van der Waals surface area contributed by atoms with Gasteiger partial charge in [-0.1, -0.05) is 60.7 Å². The molecule has 3 aromatic rings. The molecule has 1 aromatic heterocycles. The van der Waals surface area contributed by atoms with Crippen molar-refractivity contribution in [3.8, 4) is 0 Å². The molecule has 3 rings (SSSR count). The van der Waals surface area contributed by atoms with Crippen molar-refractivity contribution in [2.45, 2.75) is 32.5 Å². The Labute approximate surface area is 160 Å². The number of furan rings is 1. The summed E-state index contributed by atoms with van der Waals surface area (Å²) in [6, 6.07) is 23.5. The first kappa shape index (κ1) is 18.9. The van der Waals surface area contributed by atoms with Crippen LogP contribution in [0, 0.1) is 6.92 Å². The van der Waals surface area contributed by atoms with Gasteiger partial charge in [-0.05, 0) is 44.2 Å². The number of nitrogens with zero attached hydrogens (tertiary/aromatic N) is 1. The monoisotopic (exact) mass is 362 g/mol. The highest BCUT2D eigenvalue weighted by atomic mass is 16.3. The molecule has 0 radical (unpaired) electrons. The van der Waals surface area contributed by atoms with Gasteiger partial charge in [-0.25, -0.2) is 0 Å². The van der Waals surface area contributed by atoms with Crippen LogP contribution in [0.4, 0.5) is 0 Å². The van der Waals surface area contributed by atoms with Gasteiger partial charge in [-0.15, -0.1) is 0 Å². The SMILES string of the molecule is Cc1ccc(CN(C)[C@@H](C)C(=O)NC(c2ccccc2)c2ccccc2)o1. The number of rotatable bonds is 7. The predicted molar refractivity (Wildman–Crippen MR) is 107 cm³/mol. The summed E-state index contributed by atoms with van der Waals surface area (Å²) in [6.45, 7) is 4.42. The Morgan fingerprint density at radius 3 is 2.00 bits per heavy atom. The maximum absolute atomic E-state index is 13.0. The zero-order valence-electron chi connectivity index (χ0n) is 16.1. The zero-order chi connectivity index (χ0) is 19.2. The molecular formula is C23H26N2O2. The van der Waals surface area contributed by atoms with Gasteiger partial charge in [0, 0.05) is 0 Å². The largest absolute Gasteiger partial charge is 0.465 e. The van der Waals surface area contributed by atoms with Crippen molar-refractivity contribution < 1.29 is 9.21 Å². The zero-order valence-corrected chi connectivity index (χ0v) is 16.1. The van der Waals surface area contributed by atoms with Crippen LogP contribution in [0.15, 0.2) is 77.2 Å². The Hall–Kier alpha value is -2.85. The average molecular weight is 362 g/mol. The van der Waals surface area contributed by atoms with Crippen molar-refractivity contribution >= 4 is 5.91 Å². The summed E-state index contributed by atoms with van der Waals surface area (Å²) < 4.78 is 5.63. The van der Waals surface area contributed by atoms with Crippen LogP contribution in [0.25, 0.3) is 0 Å². The molecule has 0 aliphatic rings. The van der Waals surface area contributed by atoms with E-state index in [9.17, 15) is 4.79 Å². The number of amides is 1. The fraction of sp³-hybridized carbons (Fsp3) is 0.261. The molecule has 0 unspecified atom stereocenters. The number of benzene rings is 2. The normalized spacial score (nSPS) is 12.3. The van der Waals surface area contributed by atoms with Crippen molar-refractivity contribution in [2.75, 3.05) is 7.05 Å². The summed E-state index contributed by atoms with van der Waals surface area (Å²) in [5, 5.41) is 3.21. The minimum atomic E-state index is -0.287. The van der Waals surface area contributed by atoms with Crippen molar-refractivity contribution in [1.82, 2.24) is 10.2 Å². The molecule has 0 aliphatic heterocycles. The Morgan fingerprint density at radius 1 is 0.963 bits per heavy atom. The molecule has 1 atom stereocenters. The van der Waals surface area contributed by atoms with Gasteiger partial charge < -0.3 is 9.73 Å².